The minimum absolute atomic E-state index is 0.247. The molecular formula is C15H13F2N3O4. The van der Waals surface area contributed by atoms with Gasteiger partial charge in [-0.3, -0.25) is 4.79 Å². The Morgan fingerprint density at radius 2 is 1.96 bits per heavy atom. The van der Waals surface area contributed by atoms with Crippen molar-refractivity contribution in [1.82, 2.24) is 4.98 Å². The molecule has 2 aromatic rings. The van der Waals surface area contributed by atoms with Gasteiger partial charge in [0.1, 0.15) is 17.1 Å². The summed E-state index contributed by atoms with van der Waals surface area (Å²) in [4.78, 5) is 26.9. The van der Waals surface area contributed by atoms with Gasteiger partial charge in [0.25, 0.3) is 0 Å². The quantitative estimate of drug-likeness (QED) is 0.573. The van der Waals surface area contributed by atoms with Crippen LogP contribution in [0.15, 0.2) is 22.2 Å². The molecule has 0 spiro atoms. The van der Waals surface area contributed by atoms with E-state index in [9.17, 15) is 18.4 Å². The number of rotatable bonds is 2. The number of pyridine rings is 1. The molecule has 0 amide bonds. The molecule has 9 heteroatoms. The number of nitrogens with one attached hydrogen (secondary N) is 1. The maximum Gasteiger partial charge on any atom is 0.341 e. The SMILES string of the molecule is O=C(O)c1c[nH]c2c(F)c(N3CCC(=NO)CC3)c(F)cc2c1=O. The Morgan fingerprint density at radius 3 is 2.54 bits per heavy atom. The van der Waals surface area contributed by atoms with Crippen LogP contribution in [0, 0.1) is 11.6 Å². The number of aromatic nitrogens is 1. The number of carboxylic acid groups (broad SMARTS) is 1. The number of anilines is 1. The average Bonchev–Trinajstić information content (AvgIpc) is 2.56. The van der Waals surface area contributed by atoms with Crippen LogP contribution < -0.4 is 10.3 Å². The summed E-state index contributed by atoms with van der Waals surface area (Å²) in [6, 6.07) is 0.842. The van der Waals surface area contributed by atoms with Gasteiger partial charge < -0.3 is 20.2 Å². The molecule has 7 nitrogen and oxygen atoms in total. The molecule has 1 fully saturated rings. The van der Waals surface area contributed by atoms with Crippen LogP contribution >= 0.6 is 0 Å². The van der Waals surface area contributed by atoms with Crippen molar-refractivity contribution < 1.29 is 23.9 Å². The van der Waals surface area contributed by atoms with Gasteiger partial charge in [-0.15, -0.1) is 0 Å². The van der Waals surface area contributed by atoms with Crippen molar-refractivity contribution in [1.29, 1.82) is 0 Å². The maximum atomic E-state index is 14.7. The lowest BCUT2D eigenvalue weighted by molar-refractivity contribution is 0.0695. The van der Waals surface area contributed by atoms with Gasteiger partial charge in [-0.25, -0.2) is 13.6 Å². The Kier molecular flexibility index (Phi) is 3.92. The van der Waals surface area contributed by atoms with Crippen LogP contribution in [0.5, 0.6) is 0 Å². The molecule has 0 bridgehead atoms. The van der Waals surface area contributed by atoms with Gasteiger partial charge in [0.15, 0.2) is 5.82 Å². The van der Waals surface area contributed by atoms with E-state index in [1.807, 2.05) is 0 Å². The number of aromatic carboxylic acids is 1. The molecule has 1 aliphatic heterocycles. The minimum Gasteiger partial charge on any atom is -0.477 e. The molecule has 0 unspecified atom stereocenters. The molecule has 2 heterocycles. The van der Waals surface area contributed by atoms with E-state index < -0.39 is 28.6 Å². The minimum atomic E-state index is -1.48. The fraction of sp³-hybridized carbons (Fsp3) is 0.267. The van der Waals surface area contributed by atoms with Gasteiger partial charge >= 0.3 is 5.97 Å². The monoisotopic (exact) mass is 337 g/mol. The summed E-state index contributed by atoms with van der Waals surface area (Å²) in [5, 5.41) is 20.4. The number of nitrogens with zero attached hydrogens (tertiary/aromatic N) is 2. The zero-order chi connectivity index (χ0) is 17.4. The van der Waals surface area contributed by atoms with Gasteiger partial charge in [-0.1, -0.05) is 5.16 Å². The second-order valence-corrected chi connectivity index (χ2v) is 5.43. The summed E-state index contributed by atoms with van der Waals surface area (Å²) < 4.78 is 29.1. The zero-order valence-electron chi connectivity index (χ0n) is 12.3. The number of halogens is 2. The van der Waals surface area contributed by atoms with Crippen molar-refractivity contribution >= 4 is 28.3 Å². The van der Waals surface area contributed by atoms with E-state index in [0.29, 0.717) is 18.6 Å². The van der Waals surface area contributed by atoms with E-state index in [0.717, 1.165) is 12.3 Å². The summed E-state index contributed by atoms with van der Waals surface area (Å²) >= 11 is 0. The van der Waals surface area contributed by atoms with Crippen LogP contribution in [-0.4, -0.2) is 40.1 Å². The number of hydrogen-bond acceptors (Lipinski definition) is 5. The fourth-order valence-corrected chi connectivity index (χ4v) is 2.82. The highest BCUT2D eigenvalue weighted by atomic mass is 19.1. The fourth-order valence-electron chi connectivity index (χ4n) is 2.82. The average molecular weight is 337 g/mol. The number of carboxylic acids is 1. The predicted molar refractivity (Wildman–Crippen MR) is 82.1 cm³/mol. The topological polar surface area (TPSA) is 106 Å². The number of benzene rings is 1. The number of carbonyl (C=O) groups is 1. The van der Waals surface area contributed by atoms with Gasteiger partial charge in [0.05, 0.1) is 16.6 Å². The van der Waals surface area contributed by atoms with E-state index in [1.165, 1.54) is 4.90 Å². The number of hydrogen-bond donors (Lipinski definition) is 3. The smallest absolute Gasteiger partial charge is 0.341 e. The number of aromatic amines is 1. The number of piperidine rings is 1. The molecule has 0 saturated carbocycles. The first-order chi connectivity index (χ1) is 11.4. The molecule has 0 aliphatic carbocycles. The van der Waals surface area contributed by atoms with Crippen molar-refractivity contribution in [2.75, 3.05) is 18.0 Å². The standard InChI is InChI=1S/C15H13F2N3O4/c16-10-5-8-12(18-6-9(14(8)21)15(22)23)11(17)13(10)20-3-1-7(19-24)2-4-20/h5-6,24H,1-4H2,(H,18,21)(H,22,23). The number of fused-ring (bicyclic) bond motifs is 1. The lowest BCUT2D eigenvalue weighted by Crippen LogP contribution is -2.35. The lowest BCUT2D eigenvalue weighted by Gasteiger charge is -2.30. The van der Waals surface area contributed by atoms with Crippen LogP contribution in [0.3, 0.4) is 0 Å². The highest BCUT2D eigenvalue weighted by Crippen LogP contribution is 2.30. The first-order valence-electron chi connectivity index (χ1n) is 7.15. The van der Waals surface area contributed by atoms with Crippen molar-refractivity contribution in [3.63, 3.8) is 0 Å². The van der Waals surface area contributed by atoms with E-state index in [4.69, 9.17) is 10.3 Å². The Hall–Kier alpha value is -2.97. The van der Waals surface area contributed by atoms with Crippen molar-refractivity contribution in [2.24, 2.45) is 5.16 Å². The van der Waals surface area contributed by atoms with Crippen LogP contribution in [0.25, 0.3) is 10.9 Å². The van der Waals surface area contributed by atoms with Gasteiger partial charge in [0, 0.05) is 32.1 Å². The van der Waals surface area contributed by atoms with E-state index in [1.54, 1.807) is 0 Å². The zero-order valence-corrected chi connectivity index (χ0v) is 12.3. The molecule has 1 aromatic heterocycles. The molecule has 0 atom stereocenters. The summed E-state index contributed by atoms with van der Waals surface area (Å²) in [5.74, 6) is -3.38. The van der Waals surface area contributed by atoms with E-state index in [2.05, 4.69) is 10.1 Å². The van der Waals surface area contributed by atoms with Crippen molar-refractivity contribution in [3.8, 4) is 0 Å². The molecule has 0 radical (unpaired) electrons. The summed E-state index contributed by atoms with van der Waals surface area (Å²) in [7, 11) is 0. The van der Waals surface area contributed by atoms with Crippen LogP contribution in [0.1, 0.15) is 23.2 Å². The normalized spacial score (nSPS) is 14.9. The lowest BCUT2D eigenvalue weighted by atomic mass is 10.1. The molecule has 1 aromatic carbocycles. The van der Waals surface area contributed by atoms with Gasteiger partial charge in [-0.05, 0) is 6.07 Å². The first kappa shape index (κ1) is 15.9. The third-order valence-corrected chi connectivity index (χ3v) is 4.07. The van der Waals surface area contributed by atoms with E-state index >= 15 is 0 Å². The molecular weight excluding hydrogens is 324 g/mol. The summed E-state index contributed by atoms with van der Waals surface area (Å²) in [6.45, 7) is 0.520. The van der Waals surface area contributed by atoms with Crippen LogP contribution in [0.2, 0.25) is 0 Å². The molecule has 3 N–H and O–H groups in total. The third kappa shape index (κ3) is 2.47. The van der Waals surface area contributed by atoms with Crippen LogP contribution in [0.4, 0.5) is 14.5 Å². The summed E-state index contributed by atoms with van der Waals surface area (Å²) in [5.41, 5.74) is -1.53. The summed E-state index contributed by atoms with van der Waals surface area (Å²) in [6.07, 6.45) is 1.62. The molecule has 1 saturated heterocycles. The molecule has 3 rings (SSSR count). The van der Waals surface area contributed by atoms with E-state index in [-0.39, 0.29) is 29.7 Å². The van der Waals surface area contributed by atoms with Crippen molar-refractivity contribution in [2.45, 2.75) is 12.8 Å². The second-order valence-electron chi connectivity index (χ2n) is 5.43. The Bertz CT molecular complexity index is 913. The molecule has 126 valence electrons. The molecule has 1 aliphatic rings. The highest BCUT2D eigenvalue weighted by Gasteiger charge is 2.25. The van der Waals surface area contributed by atoms with Crippen molar-refractivity contribution in [3.05, 3.63) is 39.7 Å². The predicted octanol–water partition coefficient (Wildman–Crippen LogP) is 1.93. The number of oxime groups is 1. The second kappa shape index (κ2) is 5.91. The number of H-pyrrole nitrogens is 1. The first-order valence-corrected chi connectivity index (χ1v) is 7.15. The maximum absolute atomic E-state index is 14.7. The Balaban J connectivity index is 2.13. The highest BCUT2D eigenvalue weighted by molar-refractivity contribution is 5.93. The van der Waals surface area contributed by atoms with Gasteiger partial charge in [0.2, 0.25) is 5.43 Å². The largest absolute Gasteiger partial charge is 0.477 e. The molecule has 24 heavy (non-hydrogen) atoms. The van der Waals surface area contributed by atoms with Gasteiger partial charge in [-0.2, -0.15) is 0 Å². The third-order valence-electron chi connectivity index (χ3n) is 4.07. The Labute approximate surface area is 133 Å². The van der Waals surface area contributed by atoms with Crippen LogP contribution in [-0.2, 0) is 0 Å². The Morgan fingerprint density at radius 1 is 1.29 bits per heavy atom.